The van der Waals surface area contributed by atoms with Gasteiger partial charge in [-0.2, -0.15) is 0 Å². The Kier molecular flexibility index (Phi) is 14.7. The molecular weight excluding hydrogens is 741 g/mol. The van der Waals surface area contributed by atoms with Crippen LogP contribution in [-0.4, -0.2) is 13.1 Å². The topological polar surface area (TPSA) is 31.8 Å². The maximum Gasteiger partial charge on any atom is 0.215 e. The van der Waals surface area contributed by atoms with Crippen LogP contribution in [-0.2, 0) is 14.1 Å². The Balaban J connectivity index is 0.00000253. The van der Waals surface area contributed by atoms with Gasteiger partial charge < -0.3 is 58.6 Å². The number of unbranched alkanes of at least 4 members (excludes halogenated alkanes) is 7. The first-order valence-electron chi connectivity index (χ1n) is 13.2. The number of hydrogen-bond acceptors (Lipinski definition) is 2. The van der Waals surface area contributed by atoms with Gasteiger partial charge in [-0.15, -0.1) is 0 Å². The van der Waals surface area contributed by atoms with Gasteiger partial charge in [0, 0.05) is 47.4 Å². The van der Waals surface area contributed by atoms with E-state index >= 15 is 0 Å². The highest BCUT2D eigenvalue weighted by Gasteiger charge is 2.11. The number of aryl methyl sites for hydroxylation is 2. The zero-order chi connectivity index (χ0) is 25.3. The van der Waals surface area contributed by atoms with Gasteiger partial charge in [0.05, 0.1) is 22.1 Å². The van der Waals surface area contributed by atoms with Gasteiger partial charge >= 0.3 is 0 Å². The van der Waals surface area contributed by atoms with Crippen LogP contribution in [0.5, 0.6) is 0 Å². The van der Waals surface area contributed by atoms with Crippen LogP contribution in [0.2, 0.25) is 10.0 Å². The second-order valence-corrected chi connectivity index (χ2v) is 10.6. The molecule has 0 atom stereocenters. The summed E-state index contributed by atoms with van der Waals surface area (Å²) < 4.78 is 4.23. The molecule has 0 saturated carbocycles. The zero-order valence-electron chi connectivity index (χ0n) is 22.3. The van der Waals surface area contributed by atoms with Crippen LogP contribution in [0.3, 0.4) is 0 Å². The molecular formula is C30H38Cl2I2N4. The highest BCUT2D eigenvalue weighted by molar-refractivity contribution is 6.31. The van der Waals surface area contributed by atoms with Crippen molar-refractivity contribution in [3.05, 3.63) is 71.0 Å². The Bertz CT molecular complexity index is 1220. The SMILES string of the molecule is C[n+]1ccc(NCCCCCCCCCCNc2cc[n+](C)c3cc(Cl)ccc23)c2ccc(Cl)cc21.[I-].[I-]. The van der Waals surface area contributed by atoms with E-state index in [1.54, 1.807) is 0 Å². The Labute approximate surface area is 271 Å². The molecule has 0 amide bonds. The van der Waals surface area contributed by atoms with Gasteiger partial charge in [0.25, 0.3) is 0 Å². The molecule has 2 heterocycles. The molecule has 4 rings (SSSR count). The maximum absolute atomic E-state index is 6.18. The quantitative estimate of drug-likeness (QED) is 0.123. The molecule has 0 unspecified atom stereocenters. The monoisotopic (exact) mass is 778 g/mol. The number of rotatable bonds is 13. The Morgan fingerprint density at radius 1 is 0.553 bits per heavy atom. The van der Waals surface area contributed by atoms with Gasteiger partial charge in [0.2, 0.25) is 11.0 Å². The third-order valence-electron chi connectivity index (χ3n) is 6.92. The molecule has 0 saturated heterocycles. The van der Waals surface area contributed by atoms with Crippen molar-refractivity contribution in [2.24, 2.45) is 14.1 Å². The van der Waals surface area contributed by atoms with E-state index in [1.165, 1.54) is 73.5 Å². The minimum atomic E-state index is 0. The number of aromatic nitrogens is 2. The predicted molar refractivity (Wildman–Crippen MR) is 154 cm³/mol. The summed E-state index contributed by atoms with van der Waals surface area (Å²) in [6.07, 6.45) is 14.4. The van der Waals surface area contributed by atoms with E-state index in [0.717, 1.165) is 34.2 Å². The summed E-state index contributed by atoms with van der Waals surface area (Å²) in [4.78, 5) is 0. The van der Waals surface area contributed by atoms with E-state index in [4.69, 9.17) is 23.2 Å². The summed E-state index contributed by atoms with van der Waals surface area (Å²) in [5, 5.41) is 11.2. The van der Waals surface area contributed by atoms with E-state index in [9.17, 15) is 0 Å². The molecule has 2 N–H and O–H groups in total. The molecule has 0 aliphatic carbocycles. The van der Waals surface area contributed by atoms with Crippen LogP contribution in [0, 0.1) is 0 Å². The third-order valence-corrected chi connectivity index (χ3v) is 7.39. The number of fused-ring (bicyclic) bond motifs is 2. The minimum Gasteiger partial charge on any atom is -1.00 e. The summed E-state index contributed by atoms with van der Waals surface area (Å²) in [7, 11) is 4.11. The van der Waals surface area contributed by atoms with E-state index in [0.29, 0.717) is 0 Å². The molecule has 0 radical (unpaired) electrons. The number of hydrogen-bond donors (Lipinski definition) is 2. The lowest BCUT2D eigenvalue weighted by molar-refractivity contribution is -0.644. The minimum absolute atomic E-state index is 0. The van der Waals surface area contributed by atoms with Crippen molar-refractivity contribution in [3.8, 4) is 0 Å². The molecule has 0 bridgehead atoms. The van der Waals surface area contributed by atoms with Gasteiger partial charge in [-0.05, 0) is 37.1 Å². The standard InChI is InChI=1S/C30H36Cl2N4.2HI/c1-35-19-15-27(25-13-11-23(31)21-29(25)35)33-17-9-7-5-3-4-6-8-10-18-34-28-16-20-36(2)30-22-24(32)12-14-26(28)30;;/h11-16,19-22H,3-10,17-18H2,1-2H3;2*1H. The number of halogens is 4. The van der Waals surface area contributed by atoms with Crippen molar-refractivity contribution in [3.63, 3.8) is 0 Å². The second-order valence-electron chi connectivity index (χ2n) is 9.69. The average molecular weight is 779 g/mol. The van der Waals surface area contributed by atoms with E-state index < -0.39 is 0 Å². The third kappa shape index (κ3) is 9.24. The number of nitrogens with one attached hydrogen (secondary N) is 2. The number of anilines is 2. The molecule has 2 aromatic heterocycles. The fourth-order valence-electron chi connectivity index (χ4n) is 4.83. The molecule has 8 heteroatoms. The normalized spacial score (nSPS) is 10.7. The van der Waals surface area contributed by atoms with Gasteiger partial charge in [0.1, 0.15) is 14.1 Å². The van der Waals surface area contributed by atoms with Crippen molar-refractivity contribution in [1.29, 1.82) is 0 Å². The molecule has 4 aromatic rings. The van der Waals surface area contributed by atoms with Crippen LogP contribution in [0.25, 0.3) is 21.8 Å². The highest BCUT2D eigenvalue weighted by Crippen LogP contribution is 2.25. The molecule has 4 nitrogen and oxygen atoms in total. The second kappa shape index (κ2) is 16.9. The smallest absolute Gasteiger partial charge is 0.215 e. The summed E-state index contributed by atoms with van der Waals surface area (Å²) in [6.45, 7) is 2.02. The van der Waals surface area contributed by atoms with E-state index in [2.05, 4.69) is 70.5 Å². The summed E-state index contributed by atoms with van der Waals surface area (Å²) in [5.41, 5.74) is 4.68. The number of nitrogens with zero attached hydrogens (tertiary/aromatic N) is 2. The number of pyridine rings is 2. The molecule has 0 aliphatic heterocycles. The fraction of sp³-hybridized carbons (Fsp3) is 0.400. The molecule has 0 fully saturated rings. The van der Waals surface area contributed by atoms with E-state index in [-0.39, 0.29) is 48.0 Å². The summed E-state index contributed by atoms with van der Waals surface area (Å²) in [6, 6.07) is 16.5. The Morgan fingerprint density at radius 3 is 1.32 bits per heavy atom. The lowest BCUT2D eigenvalue weighted by Gasteiger charge is -2.09. The maximum atomic E-state index is 6.18. The first kappa shape index (κ1) is 33.1. The van der Waals surface area contributed by atoms with Crippen LogP contribution < -0.4 is 67.7 Å². The van der Waals surface area contributed by atoms with Crippen LogP contribution in [0.1, 0.15) is 51.4 Å². The van der Waals surface area contributed by atoms with E-state index in [1.807, 2.05) is 24.3 Å². The van der Waals surface area contributed by atoms with Crippen molar-refractivity contribution in [2.75, 3.05) is 23.7 Å². The largest absolute Gasteiger partial charge is 1.00 e. The van der Waals surface area contributed by atoms with Crippen molar-refractivity contribution in [1.82, 2.24) is 0 Å². The Hall–Kier alpha value is -1.10. The number of benzene rings is 2. The lowest BCUT2D eigenvalue weighted by Crippen LogP contribution is -3.00. The first-order chi connectivity index (χ1) is 17.5. The van der Waals surface area contributed by atoms with Gasteiger partial charge in [-0.1, -0.05) is 61.7 Å². The van der Waals surface area contributed by atoms with Crippen molar-refractivity contribution < 1.29 is 57.1 Å². The van der Waals surface area contributed by atoms with Crippen molar-refractivity contribution >= 4 is 56.4 Å². The molecule has 0 spiro atoms. The van der Waals surface area contributed by atoms with Gasteiger partial charge in [0.15, 0.2) is 12.4 Å². The molecule has 0 aliphatic rings. The molecule has 38 heavy (non-hydrogen) atoms. The first-order valence-corrected chi connectivity index (χ1v) is 13.9. The predicted octanol–water partition coefficient (Wildman–Crippen LogP) is 1.60. The van der Waals surface area contributed by atoms with Crippen molar-refractivity contribution in [2.45, 2.75) is 51.4 Å². The molecule has 206 valence electrons. The van der Waals surface area contributed by atoms with Crippen LogP contribution in [0.4, 0.5) is 11.4 Å². The van der Waals surface area contributed by atoms with Crippen LogP contribution >= 0.6 is 23.2 Å². The Morgan fingerprint density at radius 2 is 0.921 bits per heavy atom. The van der Waals surface area contributed by atoms with Gasteiger partial charge in [-0.3, -0.25) is 0 Å². The lowest BCUT2D eigenvalue weighted by atomic mass is 10.1. The summed E-state index contributed by atoms with van der Waals surface area (Å²) >= 11 is 12.4. The molecule has 2 aromatic carbocycles. The summed E-state index contributed by atoms with van der Waals surface area (Å²) in [5.74, 6) is 0. The highest BCUT2D eigenvalue weighted by atomic mass is 127. The average Bonchev–Trinajstić information content (AvgIpc) is 2.87. The van der Waals surface area contributed by atoms with Crippen LogP contribution in [0.15, 0.2) is 60.9 Å². The van der Waals surface area contributed by atoms with Gasteiger partial charge in [-0.25, -0.2) is 9.13 Å². The zero-order valence-corrected chi connectivity index (χ0v) is 28.1. The fourth-order valence-corrected chi connectivity index (χ4v) is 5.16.